The fourth-order valence-electron chi connectivity index (χ4n) is 0.655. The number of terminal acetylenes is 1. The van der Waals surface area contributed by atoms with Crippen molar-refractivity contribution >= 4 is 0 Å². The van der Waals surface area contributed by atoms with E-state index in [1.807, 2.05) is 0 Å². The molecule has 0 unspecified atom stereocenters. The van der Waals surface area contributed by atoms with E-state index in [4.69, 9.17) is 19.2 Å². The quantitative estimate of drug-likeness (QED) is 0.675. The molecular weight excluding hydrogens is 170 g/mol. The van der Waals surface area contributed by atoms with Gasteiger partial charge < -0.3 is 0 Å². The van der Waals surface area contributed by atoms with Gasteiger partial charge >= 0.3 is 0 Å². The zero-order chi connectivity index (χ0) is 22.5. The van der Waals surface area contributed by atoms with Gasteiger partial charge in [0.05, 0.1) is 16.1 Å². The topological polar surface area (TPSA) is 3.24 Å². The van der Waals surface area contributed by atoms with Crippen molar-refractivity contribution in [3.05, 3.63) is 35.8 Å². The molecule has 0 saturated heterocycles. The van der Waals surface area contributed by atoms with Crippen molar-refractivity contribution in [3.8, 4) is 12.3 Å². The summed E-state index contributed by atoms with van der Waals surface area (Å²) >= 11 is 0. The van der Waals surface area contributed by atoms with Crippen LogP contribution in [-0.2, 0) is 6.37 Å². The molecule has 0 aliphatic carbocycles. The van der Waals surface area contributed by atoms with E-state index in [9.17, 15) is 0 Å². The number of likely N-dealkylation sites (N-methyl/N-ethyl adjacent to an activating group) is 1. The van der Waals surface area contributed by atoms with Gasteiger partial charge in [0.25, 0.3) is 0 Å². The molecule has 0 aromatic heterocycles. The van der Waals surface area contributed by atoms with Crippen molar-refractivity contribution in [2.45, 2.75) is 19.2 Å². The van der Waals surface area contributed by atoms with Crippen LogP contribution < -0.4 is 0 Å². The van der Waals surface area contributed by atoms with Crippen LogP contribution in [0.2, 0.25) is 0 Å². The van der Waals surface area contributed by atoms with E-state index < -0.39 is 61.5 Å². The maximum atomic E-state index is 8.42. The minimum absolute atomic E-state index is 0.134. The predicted octanol–water partition coefficient (Wildman–Crippen LogP) is 2.18. The molecule has 0 saturated carbocycles. The molecule has 0 aliphatic rings. The Labute approximate surface area is 106 Å². The molecule has 0 fully saturated rings. The highest BCUT2D eigenvalue weighted by Crippen LogP contribution is 2.06. The van der Waals surface area contributed by atoms with E-state index in [2.05, 4.69) is 0 Å². The molecule has 1 aromatic rings. The summed E-state index contributed by atoms with van der Waals surface area (Å²) in [6.45, 7) is -6.50. The standard InChI is InChI=1S/C13H17N/c1-4-10-14(3)12(2)11-13-8-6-5-7-9-13/h1,5-9,12H,10-11H2,2-3H3/t12-/m1/s1/i1D,2D3,5D,6D,7D,8D,9D,10D2,11D2,12D. The summed E-state index contributed by atoms with van der Waals surface area (Å²) < 4.78 is 109. The highest BCUT2D eigenvalue weighted by Gasteiger charge is 2.07. The van der Waals surface area contributed by atoms with Crippen molar-refractivity contribution in [1.29, 1.82) is 0 Å². The Kier molecular flexibility index (Phi) is 0.959. The second-order valence-electron chi connectivity index (χ2n) is 2.27. The van der Waals surface area contributed by atoms with Gasteiger partial charge in [-0.15, -0.1) is 6.40 Å². The number of nitrogens with zero attached hydrogens (tertiary/aromatic N) is 1. The molecule has 0 amide bonds. The summed E-state index contributed by atoms with van der Waals surface area (Å²) in [6, 6.07) is -8.24. The van der Waals surface area contributed by atoms with Crippen molar-refractivity contribution in [3.63, 3.8) is 0 Å². The third-order valence-corrected chi connectivity index (χ3v) is 1.30. The largest absolute Gasteiger partial charge is 0.292 e. The lowest BCUT2D eigenvalue weighted by atomic mass is 10.1. The maximum Gasteiger partial charge on any atom is 0.124 e. The average Bonchev–Trinajstić information content (AvgIpc) is 2.55. The molecule has 74 valence electrons. The Balaban J connectivity index is 4.00. The lowest BCUT2D eigenvalue weighted by molar-refractivity contribution is 0.287. The normalized spacial score (nSPS) is 31.6. The molecule has 1 atom stereocenters. The molecule has 0 radical (unpaired) electrons. The summed E-state index contributed by atoms with van der Waals surface area (Å²) in [5.74, 6) is 1.73. The van der Waals surface area contributed by atoms with Crippen molar-refractivity contribution in [2.24, 2.45) is 0 Å². The molecule has 1 nitrogen and oxygen atoms in total. The van der Waals surface area contributed by atoms with Crippen LogP contribution in [-0.4, -0.2) is 24.5 Å². The summed E-state index contributed by atoms with van der Waals surface area (Å²) in [4.78, 5) is 0.134. The number of hydrogen-bond acceptors (Lipinski definition) is 1. The first-order valence-electron chi connectivity index (χ1n) is 10.6. The van der Waals surface area contributed by atoms with Gasteiger partial charge in [-0.2, -0.15) is 0 Å². The first kappa shape index (κ1) is 2.46. The zero-order valence-corrected chi connectivity index (χ0v) is 7.45. The third-order valence-electron chi connectivity index (χ3n) is 1.30. The Morgan fingerprint density at radius 3 is 3.21 bits per heavy atom. The minimum atomic E-state index is -3.55. The van der Waals surface area contributed by atoms with E-state index >= 15 is 0 Å². The summed E-state index contributed by atoms with van der Waals surface area (Å²) in [6.07, 6.45) is -1.99. The van der Waals surface area contributed by atoms with Crippen LogP contribution in [0, 0.1) is 12.3 Å². The van der Waals surface area contributed by atoms with Crippen LogP contribution in [0.1, 0.15) is 31.6 Å². The second-order valence-corrected chi connectivity index (χ2v) is 2.27. The minimum Gasteiger partial charge on any atom is -0.292 e. The van der Waals surface area contributed by atoms with Gasteiger partial charge in [0.2, 0.25) is 0 Å². The zero-order valence-electron chi connectivity index (χ0n) is 21.4. The van der Waals surface area contributed by atoms with Crippen LogP contribution in [0.5, 0.6) is 0 Å². The SMILES string of the molecule is [2H]C#CC([2H])([2H])N(C)[C@]([2H])(C([2H])([2H])[2H])C([2H])([2H])c1c([2H])c([2H])c([2H])c([2H])c1[2H]. The second kappa shape index (κ2) is 5.47. The first-order valence-corrected chi connectivity index (χ1v) is 3.64. The first-order chi connectivity index (χ1) is 12.4. The third kappa shape index (κ3) is 3.24. The monoisotopic (exact) mass is 201 g/mol. The molecule has 1 rings (SSSR count). The van der Waals surface area contributed by atoms with Crippen LogP contribution >= 0.6 is 0 Å². The molecular formula is C13H17N. The molecule has 0 heterocycles. The number of benzene rings is 1. The predicted molar refractivity (Wildman–Crippen MR) is 61.1 cm³/mol. The maximum absolute atomic E-state index is 8.42. The van der Waals surface area contributed by atoms with E-state index in [1.165, 1.54) is 6.40 Å². The Morgan fingerprint density at radius 2 is 2.57 bits per heavy atom. The molecule has 0 N–H and O–H groups in total. The average molecular weight is 201 g/mol. The van der Waals surface area contributed by atoms with Crippen molar-refractivity contribution < 1.29 is 19.2 Å². The van der Waals surface area contributed by atoms with Gasteiger partial charge in [0.15, 0.2) is 0 Å². The van der Waals surface area contributed by atoms with Gasteiger partial charge in [-0.05, 0) is 25.8 Å². The van der Waals surface area contributed by atoms with Gasteiger partial charge in [-0.1, -0.05) is 36.1 Å². The van der Waals surface area contributed by atoms with E-state index in [-0.39, 0.29) is 4.90 Å². The van der Waals surface area contributed by atoms with E-state index in [0.717, 1.165) is 7.05 Å². The molecule has 14 heavy (non-hydrogen) atoms. The smallest absolute Gasteiger partial charge is 0.124 e. The lowest BCUT2D eigenvalue weighted by Crippen LogP contribution is -2.31. The van der Waals surface area contributed by atoms with Crippen molar-refractivity contribution in [2.75, 3.05) is 13.5 Å². The fourth-order valence-corrected chi connectivity index (χ4v) is 0.655. The van der Waals surface area contributed by atoms with E-state index in [0.29, 0.717) is 0 Å². The summed E-state index contributed by atoms with van der Waals surface area (Å²) in [7, 11) is 0.761. The Bertz CT molecular complexity index is 803. The number of hydrogen-bond donors (Lipinski definition) is 0. The molecule has 1 aromatic carbocycles. The fraction of sp³-hybridized carbons (Fsp3) is 0.385. The molecule has 0 spiro atoms. The van der Waals surface area contributed by atoms with Crippen LogP contribution in [0.4, 0.5) is 0 Å². The van der Waals surface area contributed by atoms with Crippen LogP contribution in [0.3, 0.4) is 0 Å². The number of rotatable bonds is 4. The van der Waals surface area contributed by atoms with Gasteiger partial charge in [0, 0.05) is 14.2 Å². The highest BCUT2D eigenvalue weighted by atomic mass is 15.1. The van der Waals surface area contributed by atoms with Gasteiger partial charge in [-0.3, -0.25) is 4.90 Å². The Hall–Kier alpha value is -1.26. The van der Waals surface area contributed by atoms with Crippen LogP contribution in [0.15, 0.2) is 30.2 Å². The van der Waals surface area contributed by atoms with E-state index in [1.54, 1.807) is 5.92 Å². The Morgan fingerprint density at radius 1 is 1.79 bits per heavy atom. The van der Waals surface area contributed by atoms with Gasteiger partial charge in [-0.25, -0.2) is 0 Å². The van der Waals surface area contributed by atoms with Gasteiger partial charge in [0.1, 0.15) is 1.37 Å². The summed E-state index contributed by atoms with van der Waals surface area (Å²) in [5, 5.41) is 0. The lowest BCUT2D eigenvalue weighted by Gasteiger charge is -2.22. The molecule has 0 aliphatic heterocycles. The highest BCUT2D eigenvalue weighted by molar-refractivity contribution is 5.15. The summed E-state index contributed by atoms with van der Waals surface area (Å²) in [5.41, 5.74) is -1.09. The van der Waals surface area contributed by atoms with Crippen LogP contribution in [0.25, 0.3) is 0 Å². The molecule has 1 heteroatoms. The molecule has 0 bridgehead atoms. The van der Waals surface area contributed by atoms with Crippen molar-refractivity contribution in [1.82, 2.24) is 4.90 Å².